The van der Waals surface area contributed by atoms with Crippen molar-refractivity contribution >= 4 is 11.5 Å². The Kier molecular flexibility index (Phi) is 7.81. The molecule has 2 aromatic carbocycles. The number of anilines is 2. The second kappa shape index (κ2) is 11.7. The molecule has 0 bridgehead atoms. The maximum atomic E-state index is 9.70. The Hall–Kier alpha value is -4.11. The Morgan fingerprint density at radius 2 is 1.51 bits per heavy atom. The predicted molar refractivity (Wildman–Crippen MR) is 139 cm³/mol. The molecule has 188 valence electrons. The largest absolute Gasteiger partial charge is 0.489 e. The number of aromatic nitrogens is 2. The first-order valence-corrected chi connectivity index (χ1v) is 12.5. The van der Waals surface area contributed by atoms with Crippen LogP contribution in [0.3, 0.4) is 0 Å². The number of nitriles is 1. The van der Waals surface area contributed by atoms with E-state index in [-0.39, 0.29) is 12.2 Å². The number of hydrogen-bond donors (Lipinski definition) is 1. The van der Waals surface area contributed by atoms with Crippen LogP contribution in [0.1, 0.15) is 36.8 Å². The molecule has 0 spiro atoms. The highest BCUT2D eigenvalue weighted by molar-refractivity contribution is 5.66. The van der Waals surface area contributed by atoms with Gasteiger partial charge in [-0.3, -0.25) is 0 Å². The topological polar surface area (TPSA) is 98.5 Å². The zero-order valence-electron chi connectivity index (χ0n) is 20.5. The van der Waals surface area contributed by atoms with Gasteiger partial charge in [-0.2, -0.15) is 5.26 Å². The molecule has 2 aliphatic rings. The van der Waals surface area contributed by atoms with Gasteiger partial charge >= 0.3 is 0 Å². The molecule has 5 rings (SSSR count). The molecule has 2 saturated heterocycles. The lowest BCUT2D eigenvalue weighted by molar-refractivity contribution is 0.0252. The van der Waals surface area contributed by atoms with Crippen LogP contribution in [0, 0.1) is 23.7 Å². The lowest BCUT2D eigenvalue weighted by atomic mass is 10.1. The molecule has 2 fully saturated rings. The first-order chi connectivity index (χ1) is 18.2. The van der Waals surface area contributed by atoms with E-state index in [4.69, 9.17) is 25.4 Å². The maximum Gasteiger partial charge on any atom is 0.161 e. The van der Waals surface area contributed by atoms with Crippen LogP contribution in [0.2, 0.25) is 0 Å². The van der Waals surface area contributed by atoms with E-state index in [0.717, 1.165) is 36.9 Å². The molecule has 0 unspecified atom stereocenters. The lowest BCUT2D eigenvalue weighted by Crippen LogP contribution is -2.26. The third kappa shape index (κ3) is 6.18. The molecule has 37 heavy (non-hydrogen) atoms. The summed E-state index contributed by atoms with van der Waals surface area (Å²) < 4.78 is 23.0. The van der Waals surface area contributed by atoms with Crippen molar-refractivity contribution in [2.24, 2.45) is 0 Å². The van der Waals surface area contributed by atoms with E-state index in [0.29, 0.717) is 60.7 Å². The summed E-state index contributed by atoms with van der Waals surface area (Å²) in [5, 5.41) is 13.0. The highest BCUT2D eigenvalue weighted by Gasteiger charge is 2.19. The lowest BCUT2D eigenvalue weighted by Gasteiger charge is -2.24. The van der Waals surface area contributed by atoms with Crippen molar-refractivity contribution in [1.29, 1.82) is 5.26 Å². The number of hydrogen-bond acceptors (Lipinski definition) is 8. The van der Waals surface area contributed by atoms with Gasteiger partial charge in [0.25, 0.3) is 0 Å². The van der Waals surface area contributed by atoms with Gasteiger partial charge in [0.05, 0.1) is 37.6 Å². The molecule has 8 nitrogen and oxygen atoms in total. The summed E-state index contributed by atoms with van der Waals surface area (Å²) in [6.45, 7) is 2.75. The van der Waals surface area contributed by atoms with Crippen molar-refractivity contribution in [2.45, 2.75) is 37.9 Å². The van der Waals surface area contributed by atoms with Crippen LogP contribution in [0.4, 0.5) is 11.5 Å². The Morgan fingerprint density at radius 3 is 2.16 bits per heavy atom. The van der Waals surface area contributed by atoms with Crippen molar-refractivity contribution in [2.75, 3.05) is 31.7 Å². The summed E-state index contributed by atoms with van der Waals surface area (Å²) in [6, 6.07) is 15.1. The number of benzene rings is 2. The molecule has 3 aromatic rings. The van der Waals surface area contributed by atoms with Crippen molar-refractivity contribution < 1.29 is 18.9 Å². The van der Waals surface area contributed by atoms with E-state index in [1.54, 1.807) is 18.3 Å². The SMILES string of the molecule is C#Cc1cc(Nc2ccnc(-c3ccc(OC4CCOCC4)c(C#N)c3)n2)ccc1OC1CCOCC1. The first-order valence-electron chi connectivity index (χ1n) is 12.5. The molecule has 0 saturated carbocycles. The number of ether oxygens (including phenoxy) is 4. The Balaban J connectivity index is 1.30. The van der Waals surface area contributed by atoms with Crippen LogP contribution in [-0.2, 0) is 9.47 Å². The first kappa shape index (κ1) is 24.6. The van der Waals surface area contributed by atoms with Crippen molar-refractivity contribution in [1.82, 2.24) is 9.97 Å². The van der Waals surface area contributed by atoms with Gasteiger partial charge in [0.1, 0.15) is 35.6 Å². The van der Waals surface area contributed by atoms with Crippen LogP contribution < -0.4 is 14.8 Å². The Labute approximate surface area is 216 Å². The zero-order chi connectivity index (χ0) is 25.5. The van der Waals surface area contributed by atoms with Gasteiger partial charge < -0.3 is 24.3 Å². The monoisotopic (exact) mass is 496 g/mol. The molecule has 1 N–H and O–H groups in total. The number of nitrogens with one attached hydrogen (secondary N) is 1. The molecule has 0 radical (unpaired) electrons. The number of terminal acetylenes is 1. The molecule has 1 aromatic heterocycles. The average Bonchev–Trinajstić information content (AvgIpc) is 2.95. The second-order valence-corrected chi connectivity index (χ2v) is 8.93. The highest BCUT2D eigenvalue weighted by atomic mass is 16.5. The zero-order valence-corrected chi connectivity index (χ0v) is 20.5. The molecule has 0 amide bonds. The molecule has 8 heteroatoms. The normalized spacial score (nSPS) is 16.4. The highest BCUT2D eigenvalue weighted by Crippen LogP contribution is 2.29. The van der Waals surface area contributed by atoms with E-state index in [1.807, 2.05) is 30.3 Å². The number of nitrogens with zero attached hydrogens (tertiary/aromatic N) is 3. The maximum absolute atomic E-state index is 9.70. The fraction of sp³-hybridized carbons (Fsp3) is 0.345. The van der Waals surface area contributed by atoms with Crippen molar-refractivity contribution in [3.63, 3.8) is 0 Å². The van der Waals surface area contributed by atoms with Gasteiger partial charge in [0, 0.05) is 43.1 Å². The fourth-order valence-corrected chi connectivity index (χ4v) is 4.34. The quantitative estimate of drug-likeness (QED) is 0.463. The molecule has 2 aliphatic heterocycles. The van der Waals surface area contributed by atoms with Gasteiger partial charge in [-0.15, -0.1) is 6.42 Å². The van der Waals surface area contributed by atoms with Gasteiger partial charge in [-0.1, -0.05) is 5.92 Å². The van der Waals surface area contributed by atoms with Crippen LogP contribution in [0.15, 0.2) is 48.7 Å². The Bertz CT molecular complexity index is 1320. The van der Waals surface area contributed by atoms with Crippen LogP contribution in [0.25, 0.3) is 11.4 Å². The minimum atomic E-state index is 0.0526. The summed E-state index contributed by atoms with van der Waals surface area (Å²) in [7, 11) is 0. The van der Waals surface area contributed by atoms with E-state index >= 15 is 0 Å². The van der Waals surface area contributed by atoms with Gasteiger partial charge in [0.2, 0.25) is 0 Å². The molecular formula is C29H28N4O4. The number of rotatable bonds is 7. The predicted octanol–water partition coefficient (Wildman–Crippen LogP) is 4.86. The van der Waals surface area contributed by atoms with Gasteiger partial charge in [0.15, 0.2) is 5.82 Å². The summed E-state index contributed by atoms with van der Waals surface area (Å²) in [5.74, 6) is 5.07. The van der Waals surface area contributed by atoms with Crippen LogP contribution in [-0.4, -0.2) is 48.6 Å². The van der Waals surface area contributed by atoms with Crippen LogP contribution >= 0.6 is 0 Å². The standard InChI is InChI=1S/C29H28N4O4/c1-2-20-18-23(4-6-26(20)36-24-8-13-34-14-9-24)32-28-7-12-31-29(33-28)21-3-5-27(22(17-21)19-30)37-25-10-15-35-16-11-25/h1,3-7,12,17-18,24-25H,8-11,13-16H2,(H,31,32,33). The molecule has 3 heterocycles. The molecular weight excluding hydrogens is 468 g/mol. The Morgan fingerprint density at radius 1 is 0.865 bits per heavy atom. The molecule has 0 atom stereocenters. The van der Waals surface area contributed by atoms with Gasteiger partial charge in [-0.25, -0.2) is 9.97 Å². The average molecular weight is 497 g/mol. The minimum Gasteiger partial charge on any atom is -0.489 e. The van der Waals surface area contributed by atoms with E-state index in [9.17, 15) is 5.26 Å². The summed E-state index contributed by atoms with van der Waals surface area (Å²) in [5.41, 5.74) is 2.63. The second-order valence-electron chi connectivity index (χ2n) is 8.93. The van der Waals surface area contributed by atoms with Crippen molar-refractivity contribution in [3.8, 4) is 41.3 Å². The summed E-state index contributed by atoms with van der Waals surface area (Å²) in [6.07, 6.45) is 10.9. The van der Waals surface area contributed by atoms with Crippen molar-refractivity contribution in [3.05, 3.63) is 59.8 Å². The summed E-state index contributed by atoms with van der Waals surface area (Å²) >= 11 is 0. The third-order valence-corrected chi connectivity index (χ3v) is 6.35. The van der Waals surface area contributed by atoms with Gasteiger partial charge in [-0.05, 0) is 42.5 Å². The van der Waals surface area contributed by atoms with E-state index < -0.39 is 0 Å². The van der Waals surface area contributed by atoms with Crippen LogP contribution in [0.5, 0.6) is 11.5 Å². The van der Waals surface area contributed by atoms with E-state index in [1.165, 1.54) is 0 Å². The smallest absolute Gasteiger partial charge is 0.161 e. The fourth-order valence-electron chi connectivity index (χ4n) is 4.34. The minimum absolute atomic E-state index is 0.0526. The summed E-state index contributed by atoms with van der Waals surface area (Å²) in [4.78, 5) is 9.05. The van der Waals surface area contributed by atoms with E-state index in [2.05, 4.69) is 27.3 Å². The molecule has 0 aliphatic carbocycles. The third-order valence-electron chi connectivity index (χ3n) is 6.35.